The number of nitrogens with two attached hydrogens (primary N) is 1. The summed E-state index contributed by atoms with van der Waals surface area (Å²) in [7, 11) is 0. The SMILES string of the molecule is Cc1ccc(CNC(=O)CCC(C)CCN)s1. The average molecular weight is 254 g/mol. The van der Waals surface area contributed by atoms with Crippen molar-refractivity contribution < 1.29 is 4.79 Å². The van der Waals surface area contributed by atoms with Gasteiger partial charge in [0.25, 0.3) is 0 Å². The van der Waals surface area contributed by atoms with Gasteiger partial charge in [0, 0.05) is 16.2 Å². The summed E-state index contributed by atoms with van der Waals surface area (Å²) in [5, 5.41) is 2.95. The zero-order valence-electron chi connectivity index (χ0n) is 10.7. The minimum absolute atomic E-state index is 0.139. The van der Waals surface area contributed by atoms with E-state index < -0.39 is 0 Å². The van der Waals surface area contributed by atoms with Crippen LogP contribution in [0.5, 0.6) is 0 Å². The summed E-state index contributed by atoms with van der Waals surface area (Å²) in [6.07, 6.45) is 2.52. The minimum atomic E-state index is 0.139. The van der Waals surface area contributed by atoms with E-state index >= 15 is 0 Å². The van der Waals surface area contributed by atoms with Gasteiger partial charge in [0.1, 0.15) is 0 Å². The van der Waals surface area contributed by atoms with Gasteiger partial charge in [-0.2, -0.15) is 0 Å². The second-order valence-corrected chi connectivity index (χ2v) is 5.88. The van der Waals surface area contributed by atoms with E-state index in [1.54, 1.807) is 11.3 Å². The average Bonchev–Trinajstić information content (AvgIpc) is 2.70. The van der Waals surface area contributed by atoms with Crippen molar-refractivity contribution in [3.63, 3.8) is 0 Å². The molecule has 1 amide bonds. The van der Waals surface area contributed by atoms with Crippen LogP contribution in [0.2, 0.25) is 0 Å². The molecule has 1 heterocycles. The third kappa shape index (κ3) is 5.84. The number of thiophene rings is 1. The summed E-state index contributed by atoms with van der Waals surface area (Å²) in [4.78, 5) is 14.1. The fourth-order valence-electron chi connectivity index (χ4n) is 1.66. The van der Waals surface area contributed by atoms with Gasteiger partial charge < -0.3 is 11.1 Å². The van der Waals surface area contributed by atoms with Crippen molar-refractivity contribution in [3.8, 4) is 0 Å². The lowest BCUT2D eigenvalue weighted by Crippen LogP contribution is -2.22. The Hall–Kier alpha value is -0.870. The lowest BCUT2D eigenvalue weighted by Gasteiger charge is -2.09. The van der Waals surface area contributed by atoms with Crippen LogP contribution in [0, 0.1) is 12.8 Å². The third-order valence-corrected chi connectivity index (χ3v) is 3.78. The molecule has 4 heteroatoms. The molecule has 0 fully saturated rings. The molecule has 0 aromatic carbocycles. The van der Waals surface area contributed by atoms with E-state index in [1.165, 1.54) is 9.75 Å². The van der Waals surface area contributed by atoms with Crippen LogP contribution in [0.25, 0.3) is 0 Å². The molecule has 3 N–H and O–H groups in total. The maximum Gasteiger partial charge on any atom is 0.220 e. The quantitative estimate of drug-likeness (QED) is 0.785. The third-order valence-electron chi connectivity index (χ3n) is 2.78. The predicted molar refractivity (Wildman–Crippen MR) is 73.0 cm³/mol. The molecule has 17 heavy (non-hydrogen) atoms. The Morgan fingerprint density at radius 3 is 2.82 bits per heavy atom. The number of aryl methyl sites for hydroxylation is 1. The monoisotopic (exact) mass is 254 g/mol. The summed E-state index contributed by atoms with van der Waals surface area (Å²) in [5.74, 6) is 0.676. The molecule has 1 atom stereocenters. The highest BCUT2D eigenvalue weighted by Crippen LogP contribution is 2.14. The Balaban J connectivity index is 2.17. The topological polar surface area (TPSA) is 55.1 Å². The normalized spacial score (nSPS) is 12.4. The van der Waals surface area contributed by atoms with Crippen molar-refractivity contribution in [3.05, 3.63) is 21.9 Å². The van der Waals surface area contributed by atoms with Crippen LogP contribution in [0.3, 0.4) is 0 Å². The first kappa shape index (κ1) is 14.2. The van der Waals surface area contributed by atoms with Crippen molar-refractivity contribution >= 4 is 17.2 Å². The van der Waals surface area contributed by atoms with E-state index in [1.807, 2.05) is 0 Å². The molecule has 1 rings (SSSR count). The van der Waals surface area contributed by atoms with Crippen LogP contribution >= 0.6 is 11.3 Å². The molecule has 0 saturated heterocycles. The van der Waals surface area contributed by atoms with E-state index in [9.17, 15) is 4.79 Å². The molecule has 0 aliphatic rings. The van der Waals surface area contributed by atoms with E-state index in [0.29, 0.717) is 25.4 Å². The predicted octanol–water partition coefficient (Wildman–Crippen LogP) is 2.44. The van der Waals surface area contributed by atoms with Gasteiger partial charge in [-0.05, 0) is 44.4 Å². The van der Waals surface area contributed by atoms with Crippen LogP contribution < -0.4 is 11.1 Å². The van der Waals surface area contributed by atoms with E-state index in [2.05, 4.69) is 31.3 Å². The Morgan fingerprint density at radius 2 is 2.24 bits per heavy atom. The van der Waals surface area contributed by atoms with Crippen LogP contribution in [-0.2, 0) is 11.3 Å². The zero-order chi connectivity index (χ0) is 12.7. The highest BCUT2D eigenvalue weighted by molar-refractivity contribution is 7.11. The molecule has 1 aromatic heterocycles. The molecule has 0 saturated carbocycles. The first-order valence-electron chi connectivity index (χ1n) is 6.14. The largest absolute Gasteiger partial charge is 0.351 e. The summed E-state index contributed by atoms with van der Waals surface area (Å²) in [6, 6.07) is 4.15. The highest BCUT2D eigenvalue weighted by Gasteiger charge is 2.06. The lowest BCUT2D eigenvalue weighted by atomic mass is 10.0. The minimum Gasteiger partial charge on any atom is -0.351 e. The molecule has 0 radical (unpaired) electrons. The van der Waals surface area contributed by atoms with Crippen LogP contribution in [0.15, 0.2) is 12.1 Å². The van der Waals surface area contributed by atoms with Gasteiger partial charge in [-0.25, -0.2) is 0 Å². The van der Waals surface area contributed by atoms with Crippen LogP contribution in [0.1, 0.15) is 35.9 Å². The van der Waals surface area contributed by atoms with E-state index in [4.69, 9.17) is 5.73 Å². The van der Waals surface area contributed by atoms with Gasteiger partial charge in [0.05, 0.1) is 6.54 Å². The van der Waals surface area contributed by atoms with Crippen molar-refractivity contribution in [1.29, 1.82) is 0 Å². The molecule has 3 nitrogen and oxygen atoms in total. The smallest absolute Gasteiger partial charge is 0.220 e. The van der Waals surface area contributed by atoms with Crippen molar-refractivity contribution in [2.45, 2.75) is 39.7 Å². The number of nitrogens with one attached hydrogen (secondary N) is 1. The molecule has 96 valence electrons. The number of amides is 1. The number of hydrogen-bond acceptors (Lipinski definition) is 3. The number of carbonyl (C=O) groups is 1. The van der Waals surface area contributed by atoms with Gasteiger partial charge in [0.15, 0.2) is 0 Å². The maximum atomic E-state index is 11.6. The Bertz CT molecular complexity index is 349. The molecule has 0 aliphatic carbocycles. The second kappa shape index (κ2) is 7.45. The van der Waals surface area contributed by atoms with Gasteiger partial charge in [-0.3, -0.25) is 4.79 Å². The zero-order valence-corrected chi connectivity index (χ0v) is 11.5. The Kier molecular flexibility index (Phi) is 6.22. The molecule has 0 bridgehead atoms. The standard InChI is InChI=1S/C13H22N2OS/c1-10(7-8-14)3-6-13(16)15-9-12-5-4-11(2)17-12/h4-5,10H,3,6-9,14H2,1-2H3,(H,15,16). The first-order chi connectivity index (χ1) is 8.11. The Morgan fingerprint density at radius 1 is 1.47 bits per heavy atom. The summed E-state index contributed by atoms with van der Waals surface area (Å²) < 4.78 is 0. The fourth-order valence-corrected chi connectivity index (χ4v) is 2.49. The highest BCUT2D eigenvalue weighted by atomic mass is 32.1. The van der Waals surface area contributed by atoms with Gasteiger partial charge in [-0.15, -0.1) is 11.3 Å². The lowest BCUT2D eigenvalue weighted by molar-refractivity contribution is -0.121. The van der Waals surface area contributed by atoms with E-state index in [0.717, 1.165) is 12.8 Å². The molecular weight excluding hydrogens is 232 g/mol. The van der Waals surface area contributed by atoms with Crippen LogP contribution in [-0.4, -0.2) is 12.5 Å². The summed E-state index contributed by atoms with van der Waals surface area (Å²) in [6.45, 7) is 5.58. The number of rotatable bonds is 7. The molecule has 1 aromatic rings. The molecular formula is C13H22N2OS. The second-order valence-electron chi connectivity index (χ2n) is 4.51. The van der Waals surface area contributed by atoms with E-state index in [-0.39, 0.29) is 5.91 Å². The van der Waals surface area contributed by atoms with Gasteiger partial charge in [-0.1, -0.05) is 6.92 Å². The molecule has 0 spiro atoms. The number of carbonyl (C=O) groups excluding carboxylic acids is 1. The van der Waals surface area contributed by atoms with Crippen molar-refractivity contribution in [2.75, 3.05) is 6.54 Å². The van der Waals surface area contributed by atoms with Gasteiger partial charge >= 0.3 is 0 Å². The summed E-state index contributed by atoms with van der Waals surface area (Å²) >= 11 is 1.73. The van der Waals surface area contributed by atoms with Crippen LogP contribution in [0.4, 0.5) is 0 Å². The maximum absolute atomic E-state index is 11.6. The van der Waals surface area contributed by atoms with Gasteiger partial charge in [0.2, 0.25) is 5.91 Å². The molecule has 1 unspecified atom stereocenters. The van der Waals surface area contributed by atoms with Crippen molar-refractivity contribution in [2.24, 2.45) is 11.7 Å². The van der Waals surface area contributed by atoms with Crippen molar-refractivity contribution in [1.82, 2.24) is 5.32 Å². The Labute approximate surface area is 107 Å². The first-order valence-corrected chi connectivity index (χ1v) is 6.95. The summed E-state index contributed by atoms with van der Waals surface area (Å²) in [5.41, 5.74) is 5.47. The number of hydrogen-bond donors (Lipinski definition) is 2. The fraction of sp³-hybridized carbons (Fsp3) is 0.615. The molecule has 0 aliphatic heterocycles.